The second-order valence-corrected chi connectivity index (χ2v) is 4.12. The number of nitrogens with zero attached hydrogens (tertiary/aromatic N) is 1. The minimum atomic E-state index is -0.601. The molecule has 0 fully saturated rings. The highest BCUT2D eigenvalue weighted by atomic mass is 16.6. The van der Waals surface area contributed by atoms with Crippen molar-refractivity contribution in [2.45, 2.75) is 33.0 Å². The van der Waals surface area contributed by atoms with Crippen molar-refractivity contribution in [3.63, 3.8) is 0 Å². The van der Waals surface area contributed by atoms with Crippen LogP contribution in [0, 0.1) is 0 Å². The van der Waals surface area contributed by atoms with Gasteiger partial charge < -0.3 is 15.6 Å². The molecule has 0 atom stereocenters. The molecule has 0 aliphatic heterocycles. The molecule has 0 aliphatic carbocycles. The van der Waals surface area contributed by atoms with E-state index in [0.29, 0.717) is 5.69 Å². The third kappa shape index (κ3) is 2.69. The first-order chi connectivity index (χ1) is 6.85. The van der Waals surface area contributed by atoms with Crippen LogP contribution in [-0.2, 0) is 11.3 Å². The standard InChI is InChI=1S/C9H15N3O3/c1-9(2,3)15-8(14)7-6(10)5(4-13)11-12-7/h13H,4,10H2,1-3H3,(H,11,12). The fraction of sp³-hybridized carbons (Fsp3) is 0.556. The zero-order valence-electron chi connectivity index (χ0n) is 9.00. The van der Waals surface area contributed by atoms with Crippen molar-refractivity contribution in [2.24, 2.45) is 0 Å². The van der Waals surface area contributed by atoms with Gasteiger partial charge in [-0.1, -0.05) is 0 Å². The number of hydrogen-bond donors (Lipinski definition) is 3. The second-order valence-electron chi connectivity index (χ2n) is 4.12. The maximum atomic E-state index is 11.5. The van der Waals surface area contributed by atoms with Crippen molar-refractivity contribution in [3.05, 3.63) is 11.4 Å². The molecule has 0 saturated heterocycles. The lowest BCUT2D eigenvalue weighted by Gasteiger charge is -2.18. The monoisotopic (exact) mass is 213 g/mol. The summed E-state index contributed by atoms with van der Waals surface area (Å²) in [5.41, 5.74) is 5.44. The number of nitrogens with two attached hydrogens (primary N) is 1. The molecule has 15 heavy (non-hydrogen) atoms. The zero-order valence-corrected chi connectivity index (χ0v) is 9.00. The number of carbonyl (C=O) groups is 1. The summed E-state index contributed by atoms with van der Waals surface area (Å²) in [6, 6.07) is 0. The van der Waals surface area contributed by atoms with Crippen molar-refractivity contribution in [3.8, 4) is 0 Å². The van der Waals surface area contributed by atoms with Crippen LogP contribution in [0.4, 0.5) is 5.69 Å². The van der Waals surface area contributed by atoms with Crippen LogP contribution in [0.25, 0.3) is 0 Å². The van der Waals surface area contributed by atoms with E-state index in [4.69, 9.17) is 15.6 Å². The summed E-state index contributed by atoms with van der Waals surface area (Å²) in [6.07, 6.45) is 0. The van der Waals surface area contributed by atoms with Gasteiger partial charge >= 0.3 is 5.97 Å². The summed E-state index contributed by atoms with van der Waals surface area (Å²) in [5, 5.41) is 15.0. The fourth-order valence-corrected chi connectivity index (χ4v) is 0.989. The van der Waals surface area contributed by atoms with E-state index in [-0.39, 0.29) is 18.0 Å². The van der Waals surface area contributed by atoms with Gasteiger partial charge in [0, 0.05) is 0 Å². The Balaban J connectivity index is 2.88. The third-order valence-electron chi connectivity index (χ3n) is 1.63. The molecule has 1 aromatic rings. The van der Waals surface area contributed by atoms with E-state index in [9.17, 15) is 4.79 Å². The Morgan fingerprint density at radius 3 is 2.60 bits per heavy atom. The molecule has 0 radical (unpaired) electrons. The molecule has 0 aromatic carbocycles. The average molecular weight is 213 g/mol. The lowest BCUT2D eigenvalue weighted by Crippen LogP contribution is -2.24. The molecular formula is C9H15N3O3. The highest BCUT2D eigenvalue weighted by Crippen LogP contribution is 2.17. The topological polar surface area (TPSA) is 101 Å². The van der Waals surface area contributed by atoms with E-state index >= 15 is 0 Å². The van der Waals surface area contributed by atoms with Gasteiger partial charge in [-0.15, -0.1) is 0 Å². The van der Waals surface area contributed by atoms with E-state index < -0.39 is 11.6 Å². The number of H-pyrrole nitrogens is 1. The molecule has 1 heterocycles. The minimum absolute atomic E-state index is 0.00831. The van der Waals surface area contributed by atoms with Gasteiger partial charge in [0.2, 0.25) is 0 Å². The summed E-state index contributed by atoms with van der Waals surface area (Å²) in [7, 11) is 0. The molecule has 0 amide bonds. The third-order valence-corrected chi connectivity index (χ3v) is 1.63. The van der Waals surface area contributed by atoms with Crippen LogP contribution in [0.1, 0.15) is 37.0 Å². The predicted octanol–water partition coefficient (Wildman–Crippen LogP) is 0.440. The Labute approximate surface area is 87.4 Å². The number of esters is 1. The van der Waals surface area contributed by atoms with E-state index in [0.717, 1.165) is 0 Å². The Morgan fingerprint density at radius 2 is 2.20 bits per heavy atom. The molecule has 0 bridgehead atoms. The highest BCUT2D eigenvalue weighted by Gasteiger charge is 2.23. The molecule has 0 unspecified atom stereocenters. The summed E-state index contributed by atoms with van der Waals surface area (Å²) >= 11 is 0. The number of carbonyl (C=O) groups excluding carboxylic acids is 1. The Morgan fingerprint density at radius 1 is 1.60 bits per heavy atom. The molecule has 0 saturated carbocycles. The maximum absolute atomic E-state index is 11.5. The Hall–Kier alpha value is -1.56. The number of aromatic nitrogens is 2. The number of aliphatic hydroxyl groups is 1. The molecule has 6 heteroatoms. The summed E-state index contributed by atoms with van der Waals surface area (Å²) in [6.45, 7) is 4.96. The van der Waals surface area contributed by atoms with Gasteiger partial charge in [0.15, 0.2) is 5.69 Å². The van der Waals surface area contributed by atoms with Crippen molar-refractivity contribution in [1.29, 1.82) is 0 Å². The SMILES string of the molecule is CC(C)(C)OC(=O)c1n[nH]c(CO)c1N. The van der Waals surface area contributed by atoms with E-state index in [1.165, 1.54) is 0 Å². The van der Waals surface area contributed by atoms with E-state index in [2.05, 4.69) is 10.2 Å². The summed E-state index contributed by atoms with van der Waals surface area (Å²) < 4.78 is 5.08. The number of rotatable bonds is 2. The smallest absolute Gasteiger partial charge is 0.361 e. The van der Waals surface area contributed by atoms with Gasteiger partial charge in [0.25, 0.3) is 0 Å². The summed E-state index contributed by atoms with van der Waals surface area (Å²) in [4.78, 5) is 11.5. The maximum Gasteiger partial charge on any atom is 0.361 e. The number of anilines is 1. The van der Waals surface area contributed by atoms with Crippen LogP contribution >= 0.6 is 0 Å². The number of nitrogens with one attached hydrogen (secondary N) is 1. The fourth-order valence-electron chi connectivity index (χ4n) is 0.989. The normalized spacial score (nSPS) is 11.5. The van der Waals surface area contributed by atoms with Crippen molar-refractivity contribution < 1.29 is 14.6 Å². The van der Waals surface area contributed by atoms with Crippen LogP contribution in [-0.4, -0.2) is 26.9 Å². The minimum Gasteiger partial charge on any atom is -0.455 e. The average Bonchev–Trinajstić information content (AvgIpc) is 2.43. The van der Waals surface area contributed by atoms with Crippen LogP contribution < -0.4 is 5.73 Å². The van der Waals surface area contributed by atoms with Gasteiger partial charge in [-0.05, 0) is 20.8 Å². The van der Waals surface area contributed by atoms with Gasteiger partial charge in [0.1, 0.15) is 5.60 Å². The number of hydrogen-bond acceptors (Lipinski definition) is 5. The molecular weight excluding hydrogens is 198 g/mol. The van der Waals surface area contributed by atoms with Crippen LogP contribution in [0.15, 0.2) is 0 Å². The van der Waals surface area contributed by atoms with Crippen LogP contribution in [0.2, 0.25) is 0 Å². The molecule has 6 nitrogen and oxygen atoms in total. The largest absolute Gasteiger partial charge is 0.455 e. The predicted molar refractivity (Wildman–Crippen MR) is 54.1 cm³/mol. The molecule has 0 aliphatic rings. The zero-order chi connectivity index (χ0) is 11.6. The van der Waals surface area contributed by atoms with Gasteiger partial charge in [0.05, 0.1) is 18.0 Å². The molecule has 4 N–H and O–H groups in total. The first kappa shape index (κ1) is 11.5. The van der Waals surface area contributed by atoms with Crippen molar-refractivity contribution in [1.82, 2.24) is 10.2 Å². The number of aliphatic hydroxyl groups excluding tert-OH is 1. The lowest BCUT2D eigenvalue weighted by atomic mass is 10.2. The quantitative estimate of drug-likeness (QED) is 0.619. The number of aromatic amines is 1. The van der Waals surface area contributed by atoms with E-state index in [1.54, 1.807) is 20.8 Å². The van der Waals surface area contributed by atoms with Crippen molar-refractivity contribution in [2.75, 3.05) is 5.73 Å². The molecule has 0 spiro atoms. The summed E-state index contributed by atoms with van der Waals surface area (Å²) in [5.74, 6) is -0.601. The first-order valence-electron chi connectivity index (χ1n) is 4.52. The lowest BCUT2D eigenvalue weighted by molar-refractivity contribution is 0.00641. The van der Waals surface area contributed by atoms with Gasteiger partial charge in [-0.3, -0.25) is 5.10 Å². The van der Waals surface area contributed by atoms with Crippen LogP contribution in [0.5, 0.6) is 0 Å². The number of ether oxygens (including phenoxy) is 1. The van der Waals surface area contributed by atoms with Gasteiger partial charge in [-0.2, -0.15) is 5.10 Å². The van der Waals surface area contributed by atoms with Gasteiger partial charge in [-0.25, -0.2) is 4.79 Å². The Kier molecular flexibility index (Phi) is 2.99. The number of nitrogen functional groups attached to an aromatic ring is 1. The highest BCUT2D eigenvalue weighted by molar-refractivity contribution is 5.93. The van der Waals surface area contributed by atoms with E-state index in [1.807, 2.05) is 0 Å². The molecule has 1 aromatic heterocycles. The molecule has 84 valence electrons. The van der Waals surface area contributed by atoms with Crippen molar-refractivity contribution >= 4 is 11.7 Å². The Bertz CT molecular complexity index is 365. The first-order valence-corrected chi connectivity index (χ1v) is 4.52. The second kappa shape index (κ2) is 3.90. The van der Waals surface area contributed by atoms with Crippen LogP contribution in [0.3, 0.4) is 0 Å². The molecule has 1 rings (SSSR count).